The molecule has 4 heteroatoms. The third-order valence-corrected chi connectivity index (χ3v) is 1.17. The van der Waals surface area contributed by atoms with Gasteiger partial charge in [-0.1, -0.05) is 0 Å². The summed E-state index contributed by atoms with van der Waals surface area (Å²) in [5, 5.41) is 2.48. The number of rotatable bonds is 1. The Bertz CT molecular complexity index is 255. The monoisotopic (exact) mass is 157 g/mol. The van der Waals surface area contributed by atoms with Gasteiger partial charge in [0.1, 0.15) is 17.7 Å². The quantitative estimate of drug-likeness (QED) is 0.537. The van der Waals surface area contributed by atoms with Gasteiger partial charge in [-0.25, -0.2) is 8.78 Å². The van der Waals surface area contributed by atoms with Gasteiger partial charge < -0.3 is 0 Å². The summed E-state index contributed by atoms with van der Waals surface area (Å²) < 4.78 is 24.9. The highest BCUT2D eigenvalue weighted by atomic mass is 19.1. The average Bonchev–Trinajstić information content (AvgIpc) is 2.11. The second-order valence-corrected chi connectivity index (χ2v) is 2.01. The van der Waals surface area contributed by atoms with Crippen molar-refractivity contribution >= 4 is 0 Å². The number of nitroso groups, excluding NO2 is 1. The van der Waals surface area contributed by atoms with Gasteiger partial charge in [-0.3, -0.25) is 0 Å². The number of halogens is 2. The minimum Gasteiger partial charge on any atom is -0.238 e. The molecule has 11 heavy (non-hydrogen) atoms. The van der Waals surface area contributed by atoms with Gasteiger partial charge in [0, 0.05) is 0 Å². The molecular formula is C7H5F2NO. The molecule has 0 aliphatic heterocycles. The highest BCUT2D eigenvalue weighted by molar-refractivity contribution is 5.30. The average molecular weight is 157 g/mol. The van der Waals surface area contributed by atoms with Crippen LogP contribution in [-0.4, -0.2) is 6.17 Å². The van der Waals surface area contributed by atoms with E-state index in [0.717, 1.165) is 24.3 Å². The van der Waals surface area contributed by atoms with Crippen LogP contribution in [0.1, 0.15) is 0 Å². The van der Waals surface area contributed by atoms with E-state index in [1.54, 1.807) is 0 Å². The molecule has 0 radical (unpaired) electrons. The van der Waals surface area contributed by atoms with E-state index < -0.39 is 12.0 Å². The van der Waals surface area contributed by atoms with Crippen molar-refractivity contribution in [2.24, 2.45) is 5.18 Å². The third kappa shape index (κ3) is 2.07. The Kier molecular flexibility index (Phi) is 2.25. The van der Waals surface area contributed by atoms with Gasteiger partial charge in [0.25, 0.3) is 0 Å². The van der Waals surface area contributed by atoms with Crippen LogP contribution in [0.5, 0.6) is 0 Å². The number of alkyl halides is 1. The normalized spacial score (nSPS) is 23.6. The van der Waals surface area contributed by atoms with Crippen LogP contribution in [0.15, 0.2) is 41.0 Å². The summed E-state index contributed by atoms with van der Waals surface area (Å²) >= 11 is 0. The molecule has 0 spiro atoms. The number of hydrogen-bond donors (Lipinski definition) is 0. The lowest BCUT2D eigenvalue weighted by Gasteiger charge is -1.90. The van der Waals surface area contributed by atoms with Crippen LogP contribution in [-0.2, 0) is 0 Å². The van der Waals surface area contributed by atoms with Crippen molar-refractivity contribution in [2.45, 2.75) is 6.17 Å². The van der Waals surface area contributed by atoms with E-state index in [0.29, 0.717) is 0 Å². The van der Waals surface area contributed by atoms with Crippen molar-refractivity contribution < 1.29 is 8.78 Å². The molecule has 0 N–H and O–H groups in total. The fraction of sp³-hybridized carbons (Fsp3) is 0.143. The number of allylic oxidation sites excluding steroid dienone is 5. The molecule has 0 saturated carbocycles. The van der Waals surface area contributed by atoms with Crippen molar-refractivity contribution in [3.63, 3.8) is 0 Å². The molecule has 0 saturated heterocycles. The van der Waals surface area contributed by atoms with E-state index in [4.69, 9.17) is 0 Å². The van der Waals surface area contributed by atoms with Crippen molar-refractivity contribution in [1.82, 2.24) is 0 Å². The Hall–Kier alpha value is -1.32. The van der Waals surface area contributed by atoms with Crippen molar-refractivity contribution in [1.29, 1.82) is 0 Å². The van der Waals surface area contributed by atoms with Crippen LogP contribution < -0.4 is 0 Å². The maximum Gasteiger partial charge on any atom is 0.142 e. The Balaban J connectivity index is 2.91. The Labute approximate surface area is 61.9 Å². The largest absolute Gasteiger partial charge is 0.238 e. The van der Waals surface area contributed by atoms with Crippen molar-refractivity contribution in [3.8, 4) is 0 Å². The van der Waals surface area contributed by atoms with E-state index in [2.05, 4.69) is 5.18 Å². The SMILES string of the molecule is O=NC1=CC(F)C=C(F)C=C1. The molecule has 0 aromatic rings. The highest BCUT2D eigenvalue weighted by Gasteiger charge is 2.06. The zero-order valence-electron chi connectivity index (χ0n) is 5.50. The minimum atomic E-state index is -1.57. The molecular weight excluding hydrogens is 152 g/mol. The standard InChI is InChI=1S/C7H5F2NO/c8-5-1-2-7(10-11)4-6(9)3-5/h1-4,6H. The van der Waals surface area contributed by atoms with Crippen LogP contribution in [0, 0.1) is 4.91 Å². The van der Waals surface area contributed by atoms with E-state index in [-0.39, 0.29) is 5.70 Å². The van der Waals surface area contributed by atoms with Crippen LogP contribution in [0.2, 0.25) is 0 Å². The molecule has 1 aliphatic carbocycles. The van der Waals surface area contributed by atoms with Gasteiger partial charge >= 0.3 is 0 Å². The van der Waals surface area contributed by atoms with E-state index in [1.807, 2.05) is 0 Å². The van der Waals surface area contributed by atoms with Crippen molar-refractivity contribution in [3.05, 3.63) is 40.7 Å². The lowest BCUT2D eigenvalue weighted by atomic mass is 10.3. The molecule has 0 bridgehead atoms. The van der Waals surface area contributed by atoms with Gasteiger partial charge in [0.05, 0.1) is 0 Å². The molecule has 2 nitrogen and oxygen atoms in total. The molecule has 0 amide bonds. The topological polar surface area (TPSA) is 29.4 Å². The summed E-state index contributed by atoms with van der Waals surface area (Å²) in [6.45, 7) is 0. The summed E-state index contributed by atoms with van der Waals surface area (Å²) in [6.07, 6.45) is 2.24. The highest BCUT2D eigenvalue weighted by Crippen LogP contribution is 2.14. The second kappa shape index (κ2) is 3.18. The molecule has 0 fully saturated rings. The van der Waals surface area contributed by atoms with Gasteiger partial charge in [0.2, 0.25) is 0 Å². The maximum absolute atomic E-state index is 12.5. The Morgan fingerprint density at radius 1 is 1.36 bits per heavy atom. The fourth-order valence-electron chi connectivity index (χ4n) is 0.700. The Morgan fingerprint density at radius 3 is 2.73 bits per heavy atom. The third-order valence-electron chi connectivity index (χ3n) is 1.17. The zero-order chi connectivity index (χ0) is 8.27. The summed E-state index contributed by atoms with van der Waals surface area (Å²) in [7, 11) is 0. The molecule has 0 aromatic carbocycles. The first kappa shape index (κ1) is 7.78. The summed E-state index contributed by atoms with van der Waals surface area (Å²) in [6, 6.07) is 0. The zero-order valence-corrected chi connectivity index (χ0v) is 5.50. The molecule has 0 aromatic heterocycles. The molecule has 1 rings (SSSR count). The predicted molar refractivity (Wildman–Crippen MR) is 37.1 cm³/mol. The van der Waals surface area contributed by atoms with Gasteiger partial charge in [-0.05, 0) is 29.5 Å². The Morgan fingerprint density at radius 2 is 2.09 bits per heavy atom. The lowest BCUT2D eigenvalue weighted by Crippen LogP contribution is -1.88. The van der Waals surface area contributed by atoms with E-state index in [1.165, 1.54) is 0 Å². The first-order chi connectivity index (χ1) is 5.22. The molecule has 1 atom stereocenters. The smallest absolute Gasteiger partial charge is 0.142 e. The summed E-state index contributed by atoms with van der Waals surface area (Å²) in [4.78, 5) is 9.88. The van der Waals surface area contributed by atoms with Crippen LogP contribution >= 0.6 is 0 Å². The van der Waals surface area contributed by atoms with Gasteiger partial charge in [-0.2, -0.15) is 0 Å². The van der Waals surface area contributed by atoms with Crippen LogP contribution in [0.4, 0.5) is 8.78 Å². The fourth-order valence-corrected chi connectivity index (χ4v) is 0.700. The van der Waals surface area contributed by atoms with E-state index in [9.17, 15) is 13.7 Å². The molecule has 1 aliphatic rings. The van der Waals surface area contributed by atoms with Gasteiger partial charge in [0.15, 0.2) is 0 Å². The predicted octanol–water partition coefficient (Wildman–Crippen LogP) is 2.40. The molecule has 58 valence electrons. The second-order valence-electron chi connectivity index (χ2n) is 2.01. The van der Waals surface area contributed by atoms with Gasteiger partial charge in [-0.15, -0.1) is 4.91 Å². The molecule has 1 unspecified atom stereocenters. The van der Waals surface area contributed by atoms with Crippen LogP contribution in [0.25, 0.3) is 0 Å². The lowest BCUT2D eigenvalue weighted by molar-refractivity contribution is 0.460. The van der Waals surface area contributed by atoms with Crippen LogP contribution in [0.3, 0.4) is 0 Å². The maximum atomic E-state index is 12.5. The minimum absolute atomic E-state index is 0.0959. The van der Waals surface area contributed by atoms with E-state index >= 15 is 0 Å². The van der Waals surface area contributed by atoms with Crippen molar-refractivity contribution in [2.75, 3.05) is 0 Å². The first-order valence-corrected chi connectivity index (χ1v) is 2.97. The number of hydrogen-bond acceptors (Lipinski definition) is 2. The number of nitrogens with zero attached hydrogens (tertiary/aromatic N) is 1. The summed E-state index contributed by atoms with van der Waals surface area (Å²) in [5.41, 5.74) is -0.0959. The first-order valence-electron chi connectivity index (χ1n) is 2.97. The summed E-state index contributed by atoms with van der Waals surface area (Å²) in [5.74, 6) is -0.701. The molecule has 0 heterocycles.